The predicted molar refractivity (Wildman–Crippen MR) is 107 cm³/mol. The molecule has 0 aliphatic heterocycles. The Bertz CT molecular complexity index is 1240. The number of hydrogen-bond acceptors (Lipinski definition) is 6. The quantitative estimate of drug-likeness (QED) is 0.562. The third-order valence-corrected chi connectivity index (χ3v) is 4.53. The van der Waals surface area contributed by atoms with E-state index in [0.717, 1.165) is 0 Å². The summed E-state index contributed by atoms with van der Waals surface area (Å²) in [5.41, 5.74) is 1.68. The highest BCUT2D eigenvalue weighted by Gasteiger charge is 2.11. The Hall–Kier alpha value is -3.81. The molecule has 0 saturated carbocycles. The molecule has 4 aromatic rings. The summed E-state index contributed by atoms with van der Waals surface area (Å²) in [5, 5.41) is 7.08. The van der Waals surface area contributed by atoms with Crippen molar-refractivity contribution < 1.29 is 9.32 Å². The van der Waals surface area contributed by atoms with Crippen molar-refractivity contribution in [2.24, 2.45) is 0 Å². The number of amides is 1. The molecule has 2 aromatic heterocycles. The van der Waals surface area contributed by atoms with Crippen LogP contribution >= 0.6 is 0 Å². The number of aryl methyl sites for hydroxylation is 2. The van der Waals surface area contributed by atoms with Gasteiger partial charge in [-0.05, 0) is 50.2 Å². The van der Waals surface area contributed by atoms with Crippen LogP contribution in [0.1, 0.15) is 27.9 Å². The largest absolute Gasteiger partial charge is 0.352 e. The van der Waals surface area contributed by atoms with Crippen molar-refractivity contribution in [3.63, 3.8) is 0 Å². The molecule has 1 amide bonds. The second kappa shape index (κ2) is 7.67. The van der Waals surface area contributed by atoms with Gasteiger partial charge >= 0.3 is 0 Å². The maximum absolute atomic E-state index is 12.9. The molecule has 1 N–H and O–H groups in total. The monoisotopic (exact) mass is 389 g/mol. The molecule has 0 saturated heterocycles. The van der Waals surface area contributed by atoms with Crippen LogP contribution in [0.3, 0.4) is 0 Å². The number of nitrogens with zero attached hydrogens (tertiary/aromatic N) is 4. The first kappa shape index (κ1) is 18.5. The normalized spacial score (nSPS) is 11.0. The molecule has 0 aliphatic carbocycles. The number of carbonyl (C=O) groups is 1. The molecule has 0 fully saturated rings. The highest BCUT2D eigenvalue weighted by molar-refractivity contribution is 5.94. The summed E-state index contributed by atoms with van der Waals surface area (Å²) >= 11 is 0. The van der Waals surface area contributed by atoms with Gasteiger partial charge < -0.3 is 9.84 Å². The lowest BCUT2D eigenvalue weighted by Crippen LogP contribution is -2.26. The molecule has 0 atom stereocenters. The van der Waals surface area contributed by atoms with E-state index in [2.05, 4.69) is 20.4 Å². The van der Waals surface area contributed by atoms with Crippen molar-refractivity contribution in [1.29, 1.82) is 0 Å². The number of hydrogen-bond donors (Lipinski definition) is 1. The maximum atomic E-state index is 12.9. The Balaban J connectivity index is 1.51. The van der Waals surface area contributed by atoms with Crippen molar-refractivity contribution in [2.75, 3.05) is 6.54 Å². The van der Waals surface area contributed by atoms with E-state index in [4.69, 9.17) is 4.52 Å². The lowest BCUT2D eigenvalue weighted by atomic mass is 10.1. The van der Waals surface area contributed by atoms with Gasteiger partial charge in [0.05, 0.1) is 16.6 Å². The molecule has 0 radical (unpaired) electrons. The first-order valence-electron chi connectivity index (χ1n) is 9.19. The summed E-state index contributed by atoms with van der Waals surface area (Å²) in [6, 6.07) is 14.1. The summed E-state index contributed by atoms with van der Waals surface area (Å²) in [4.78, 5) is 33.8. The van der Waals surface area contributed by atoms with Crippen LogP contribution in [0.15, 0.2) is 57.8 Å². The van der Waals surface area contributed by atoms with Gasteiger partial charge in [-0.15, -0.1) is 0 Å². The van der Waals surface area contributed by atoms with Gasteiger partial charge in [-0.2, -0.15) is 4.98 Å². The van der Waals surface area contributed by atoms with Crippen LogP contribution in [0.2, 0.25) is 0 Å². The predicted octanol–water partition coefficient (Wildman–Crippen LogP) is 2.36. The Kier molecular flexibility index (Phi) is 4.90. The first-order valence-corrected chi connectivity index (χ1v) is 9.19. The minimum atomic E-state index is -0.214. The minimum absolute atomic E-state index is 0.139. The fourth-order valence-corrected chi connectivity index (χ4v) is 3.14. The molecule has 0 bridgehead atoms. The molecule has 0 spiro atoms. The van der Waals surface area contributed by atoms with E-state index in [1.807, 2.05) is 18.2 Å². The zero-order valence-corrected chi connectivity index (χ0v) is 16.0. The number of benzene rings is 2. The van der Waals surface area contributed by atoms with E-state index >= 15 is 0 Å². The van der Waals surface area contributed by atoms with Gasteiger partial charge in [0, 0.05) is 18.5 Å². The molecule has 2 aromatic carbocycles. The Morgan fingerprint density at radius 1 is 1.07 bits per heavy atom. The molecular formula is C21H19N5O3. The Labute approximate surface area is 166 Å². The molecule has 0 unspecified atom stereocenters. The van der Waals surface area contributed by atoms with E-state index in [1.54, 1.807) is 48.7 Å². The second-order valence-electron chi connectivity index (χ2n) is 6.60. The topological polar surface area (TPSA) is 103 Å². The average molecular weight is 389 g/mol. The van der Waals surface area contributed by atoms with Crippen LogP contribution in [0.5, 0.6) is 0 Å². The molecule has 8 heteroatoms. The van der Waals surface area contributed by atoms with Crippen LogP contribution in [-0.2, 0) is 6.42 Å². The fraction of sp³-hybridized carbons (Fsp3) is 0.190. The Morgan fingerprint density at radius 2 is 1.83 bits per heavy atom. The number of rotatable bonds is 5. The summed E-state index contributed by atoms with van der Waals surface area (Å²) in [5.74, 6) is 1.42. The van der Waals surface area contributed by atoms with E-state index in [0.29, 0.717) is 52.7 Å². The van der Waals surface area contributed by atoms with E-state index in [1.165, 1.54) is 0 Å². The number of aromatic nitrogens is 4. The van der Waals surface area contributed by atoms with Crippen LogP contribution in [0.25, 0.3) is 16.6 Å². The molecule has 0 aliphatic rings. The highest BCUT2D eigenvalue weighted by atomic mass is 16.5. The molecule has 29 heavy (non-hydrogen) atoms. The van der Waals surface area contributed by atoms with E-state index in [9.17, 15) is 9.59 Å². The van der Waals surface area contributed by atoms with Gasteiger partial charge in [-0.25, -0.2) is 4.98 Å². The lowest BCUT2D eigenvalue weighted by molar-refractivity contribution is 0.0953. The van der Waals surface area contributed by atoms with Gasteiger partial charge in [0.1, 0.15) is 5.82 Å². The SMILES string of the molecule is Cc1noc(CCNC(=O)c2ccc(-n3c(C)nc4ccccc4c3=O)cc2)n1. The van der Waals surface area contributed by atoms with Gasteiger partial charge in [-0.3, -0.25) is 14.2 Å². The standard InChI is InChI=1S/C21H19N5O3/c1-13-23-19(29-25-13)11-12-22-20(27)15-7-9-16(10-8-15)26-14(2)24-18-6-4-3-5-17(18)21(26)28/h3-10H,11-12H2,1-2H3,(H,22,27). The van der Waals surface area contributed by atoms with Crippen LogP contribution in [0.4, 0.5) is 0 Å². The molecule has 8 nitrogen and oxygen atoms in total. The summed E-state index contributed by atoms with van der Waals surface area (Å²) in [7, 11) is 0. The van der Waals surface area contributed by atoms with Gasteiger partial charge in [0.25, 0.3) is 11.5 Å². The number of para-hydroxylation sites is 1. The smallest absolute Gasteiger partial charge is 0.265 e. The third-order valence-electron chi connectivity index (χ3n) is 4.53. The van der Waals surface area contributed by atoms with Crippen LogP contribution in [-0.4, -0.2) is 32.1 Å². The molecule has 4 rings (SSSR count). The second-order valence-corrected chi connectivity index (χ2v) is 6.60. The molecule has 146 valence electrons. The summed E-state index contributed by atoms with van der Waals surface area (Å²) < 4.78 is 6.56. The van der Waals surface area contributed by atoms with Gasteiger partial charge in [-0.1, -0.05) is 17.3 Å². The molecule has 2 heterocycles. The number of carbonyl (C=O) groups excluding carboxylic acids is 1. The average Bonchev–Trinajstić information content (AvgIpc) is 3.13. The minimum Gasteiger partial charge on any atom is -0.352 e. The van der Waals surface area contributed by atoms with Crippen molar-refractivity contribution >= 4 is 16.8 Å². The highest BCUT2D eigenvalue weighted by Crippen LogP contribution is 2.13. The maximum Gasteiger partial charge on any atom is 0.265 e. The molecular weight excluding hydrogens is 370 g/mol. The Morgan fingerprint density at radius 3 is 2.55 bits per heavy atom. The van der Waals surface area contributed by atoms with E-state index < -0.39 is 0 Å². The van der Waals surface area contributed by atoms with Gasteiger partial charge in [0.2, 0.25) is 5.89 Å². The van der Waals surface area contributed by atoms with Gasteiger partial charge in [0.15, 0.2) is 5.82 Å². The van der Waals surface area contributed by atoms with E-state index in [-0.39, 0.29) is 11.5 Å². The van der Waals surface area contributed by atoms with Crippen molar-refractivity contribution in [3.8, 4) is 5.69 Å². The first-order chi connectivity index (χ1) is 14.0. The fourth-order valence-electron chi connectivity index (χ4n) is 3.14. The third kappa shape index (κ3) is 3.77. The summed E-state index contributed by atoms with van der Waals surface area (Å²) in [6.07, 6.45) is 0.460. The van der Waals surface area contributed by atoms with Crippen molar-refractivity contribution in [3.05, 3.63) is 82.0 Å². The van der Waals surface area contributed by atoms with Crippen molar-refractivity contribution in [1.82, 2.24) is 25.0 Å². The van der Waals surface area contributed by atoms with Crippen molar-refractivity contribution in [2.45, 2.75) is 20.3 Å². The van der Waals surface area contributed by atoms with Crippen LogP contribution in [0, 0.1) is 13.8 Å². The lowest BCUT2D eigenvalue weighted by Gasteiger charge is -2.11. The zero-order valence-electron chi connectivity index (χ0n) is 16.0. The number of nitrogens with one attached hydrogen (secondary N) is 1. The zero-order chi connectivity index (χ0) is 20.4. The number of fused-ring (bicyclic) bond motifs is 1. The van der Waals surface area contributed by atoms with Crippen LogP contribution < -0.4 is 10.9 Å². The summed E-state index contributed by atoms with van der Waals surface area (Å²) in [6.45, 7) is 3.91.